The summed E-state index contributed by atoms with van der Waals surface area (Å²) in [5.74, 6) is -1.42. The van der Waals surface area contributed by atoms with Gasteiger partial charge in [-0.05, 0) is 61.7 Å². The second-order valence-corrected chi connectivity index (χ2v) is 8.00. The van der Waals surface area contributed by atoms with Crippen molar-refractivity contribution >= 4 is 17.6 Å². The summed E-state index contributed by atoms with van der Waals surface area (Å²) in [5, 5.41) is 16.9. The fourth-order valence-corrected chi connectivity index (χ4v) is 3.28. The van der Waals surface area contributed by atoms with E-state index in [0.29, 0.717) is 13.0 Å². The third kappa shape index (κ3) is 7.23. The molecule has 0 fully saturated rings. The largest absolute Gasteiger partial charge is 0.492 e. The van der Waals surface area contributed by atoms with Crippen LogP contribution in [-0.2, 0) is 16.0 Å². The molecule has 3 aromatic rings. The van der Waals surface area contributed by atoms with Crippen LogP contribution in [0.25, 0.3) is 11.1 Å². The SMILES string of the molecule is CC(C)Oc1ccc2c(c1)CC(C(=O)Nc1ccc(-c3cn[nH]c3)cc1)CO2.O=C(O)C(F)(F)F. The Labute approximate surface area is 199 Å². The van der Waals surface area contributed by atoms with E-state index < -0.39 is 12.1 Å². The van der Waals surface area contributed by atoms with Gasteiger partial charge in [-0.1, -0.05) is 12.1 Å². The number of nitrogens with zero attached hydrogens (tertiary/aromatic N) is 1. The summed E-state index contributed by atoms with van der Waals surface area (Å²) >= 11 is 0. The Hall–Kier alpha value is -4.02. The van der Waals surface area contributed by atoms with Crippen LogP contribution in [0.3, 0.4) is 0 Å². The van der Waals surface area contributed by atoms with Gasteiger partial charge in [0.05, 0.1) is 18.2 Å². The van der Waals surface area contributed by atoms with Crippen molar-refractivity contribution in [3.63, 3.8) is 0 Å². The lowest BCUT2D eigenvalue weighted by Gasteiger charge is -2.25. The summed E-state index contributed by atoms with van der Waals surface area (Å²) in [5.41, 5.74) is 3.81. The van der Waals surface area contributed by atoms with Crippen LogP contribution in [0.2, 0.25) is 0 Å². The van der Waals surface area contributed by atoms with E-state index in [9.17, 15) is 18.0 Å². The highest BCUT2D eigenvalue weighted by molar-refractivity contribution is 5.93. The molecular weight excluding hydrogens is 467 g/mol. The molecule has 0 saturated carbocycles. The number of alkyl halides is 3. The third-order valence-corrected chi connectivity index (χ3v) is 4.91. The number of hydrogen-bond acceptors (Lipinski definition) is 5. The maximum atomic E-state index is 12.7. The lowest BCUT2D eigenvalue weighted by molar-refractivity contribution is -0.192. The van der Waals surface area contributed by atoms with Crippen molar-refractivity contribution < 1.29 is 37.3 Å². The molecule has 11 heteroatoms. The summed E-state index contributed by atoms with van der Waals surface area (Å²) in [6.07, 6.45) is -0.751. The van der Waals surface area contributed by atoms with Crippen LogP contribution in [-0.4, -0.2) is 46.1 Å². The van der Waals surface area contributed by atoms with Gasteiger partial charge in [0, 0.05) is 17.4 Å². The van der Waals surface area contributed by atoms with Gasteiger partial charge < -0.3 is 19.9 Å². The van der Waals surface area contributed by atoms with E-state index in [1.807, 2.05) is 62.5 Å². The first kappa shape index (κ1) is 25.6. The molecule has 4 rings (SSSR count). The molecule has 1 aromatic heterocycles. The average Bonchev–Trinajstić information content (AvgIpc) is 3.33. The van der Waals surface area contributed by atoms with Crippen molar-refractivity contribution in [3.8, 4) is 22.6 Å². The Bertz CT molecular complexity index is 1150. The Morgan fingerprint density at radius 1 is 1.17 bits per heavy atom. The Kier molecular flexibility index (Phi) is 8.00. The van der Waals surface area contributed by atoms with Crippen molar-refractivity contribution in [3.05, 3.63) is 60.4 Å². The number of aromatic nitrogens is 2. The fourth-order valence-electron chi connectivity index (χ4n) is 3.28. The van der Waals surface area contributed by atoms with Gasteiger partial charge in [-0.2, -0.15) is 18.3 Å². The maximum absolute atomic E-state index is 12.7. The van der Waals surface area contributed by atoms with Crippen LogP contribution in [0.4, 0.5) is 18.9 Å². The van der Waals surface area contributed by atoms with Crippen molar-refractivity contribution in [2.24, 2.45) is 5.92 Å². The van der Waals surface area contributed by atoms with Crippen molar-refractivity contribution in [1.29, 1.82) is 0 Å². The molecule has 0 aliphatic carbocycles. The third-order valence-electron chi connectivity index (χ3n) is 4.91. The molecule has 35 heavy (non-hydrogen) atoms. The number of aromatic amines is 1. The molecule has 3 N–H and O–H groups in total. The highest BCUT2D eigenvalue weighted by Crippen LogP contribution is 2.31. The summed E-state index contributed by atoms with van der Waals surface area (Å²) in [7, 11) is 0. The maximum Gasteiger partial charge on any atom is 0.490 e. The van der Waals surface area contributed by atoms with E-state index in [1.165, 1.54) is 0 Å². The minimum Gasteiger partial charge on any atom is -0.492 e. The average molecular weight is 491 g/mol. The normalized spacial score (nSPS) is 14.7. The Morgan fingerprint density at radius 3 is 2.43 bits per heavy atom. The fraction of sp³-hybridized carbons (Fsp3) is 0.292. The molecule has 0 radical (unpaired) electrons. The molecule has 1 aliphatic heterocycles. The van der Waals surface area contributed by atoms with Crippen LogP contribution in [0.1, 0.15) is 19.4 Å². The van der Waals surface area contributed by atoms with Gasteiger partial charge in [0.1, 0.15) is 18.1 Å². The van der Waals surface area contributed by atoms with Crippen LogP contribution < -0.4 is 14.8 Å². The molecule has 0 spiro atoms. The van der Waals surface area contributed by atoms with Crippen molar-refractivity contribution in [2.45, 2.75) is 32.5 Å². The van der Waals surface area contributed by atoms with Gasteiger partial charge in [-0.3, -0.25) is 9.89 Å². The molecule has 1 aliphatic rings. The number of carboxylic acids is 1. The number of aliphatic carboxylic acids is 1. The summed E-state index contributed by atoms with van der Waals surface area (Å²) in [4.78, 5) is 21.6. The number of hydrogen-bond donors (Lipinski definition) is 3. The zero-order valence-electron chi connectivity index (χ0n) is 18.9. The summed E-state index contributed by atoms with van der Waals surface area (Å²) in [6.45, 7) is 4.35. The molecule has 8 nitrogen and oxygen atoms in total. The second-order valence-electron chi connectivity index (χ2n) is 8.00. The highest BCUT2D eigenvalue weighted by Gasteiger charge is 2.38. The standard InChI is InChI=1S/C22H23N3O3.C2HF3O2/c1-14(2)28-20-7-8-21-16(10-20)9-17(13-27-21)22(26)25-19-5-3-15(4-6-19)18-11-23-24-12-18;3-2(4,5)1(6)7/h3-8,10-12,14,17H,9,13H2,1-2H3,(H,23,24)(H,25,26);(H,6,7). The number of halogens is 3. The monoisotopic (exact) mass is 491 g/mol. The number of anilines is 1. The number of nitrogens with one attached hydrogen (secondary N) is 2. The van der Waals surface area contributed by atoms with Gasteiger partial charge >= 0.3 is 12.1 Å². The molecule has 0 saturated heterocycles. The first-order chi connectivity index (χ1) is 16.5. The number of rotatable bonds is 5. The zero-order chi connectivity index (χ0) is 25.6. The van der Waals surface area contributed by atoms with E-state index in [4.69, 9.17) is 19.4 Å². The van der Waals surface area contributed by atoms with E-state index >= 15 is 0 Å². The minimum atomic E-state index is -5.08. The number of fused-ring (bicyclic) bond motifs is 1. The molecule has 1 atom stereocenters. The number of H-pyrrole nitrogens is 1. The Balaban J connectivity index is 0.000000429. The predicted octanol–water partition coefficient (Wildman–Crippen LogP) is 4.69. The second kappa shape index (κ2) is 10.9. The van der Waals surface area contributed by atoms with Gasteiger partial charge in [-0.15, -0.1) is 0 Å². The molecule has 2 aromatic carbocycles. The van der Waals surface area contributed by atoms with Crippen LogP contribution >= 0.6 is 0 Å². The summed E-state index contributed by atoms with van der Waals surface area (Å²) in [6, 6.07) is 13.5. The minimum absolute atomic E-state index is 0.0445. The Morgan fingerprint density at radius 2 is 1.86 bits per heavy atom. The van der Waals surface area contributed by atoms with Gasteiger partial charge in [0.15, 0.2) is 0 Å². The molecule has 1 unspecified atom stereocenters. The molecule has 186 valence electrons. The number of carboxylic acid groups (broad SMARTS) is 1. The van der Waals surface area contributed by atoms with Gasteiger partial charge in [-0.25, -0.2) is 4.79 Å². The van der Waals surface area contributed by atoms with E-state index in [2.05, 4.69) is 15.5 Å². The van der Waals surface area contributed by atoms with E-state index in [-0.39, 0.29) is 17.9 Å². The smallest absolute Gasteiger partial charge is 0.490 e. The van der Waals surface area contributed by atoms with Gasteiger partial charge in [0.25, 0.3) is 0 Å². The number of carbonyl (C=O) groups is 2. The van der Waals surface area contributed by atoms with Crippen molar-refractivity contribution in [1.82, 2.24) is 10.2 Å². The molecule has 1 amide bonds. The summed E-state index contributed by atoms with van der Waals surface area (Å²) < 4.78 is 43.3. The van der Waals surface area contributed by atoms with Crippen LogP contribution in [0.15, 0.2) is 54.9 Å². The molecule has 2 heterocycles. The lowest BCUT2D eigenvalue weighted by Crippen LogP contribution is -2.32. The van der Waals surface area contributed by atoms with Crippen LogP contribution in [0.5, 0.6) is 11.5 Å². The lowest BCUT2D eigenvalue weighted by atomic mass is 9.95. The van der Waals surface area contributed by atoms with Crippen LogP contribution in [0, 0.1) is 5.92 Å². The predicted molar refractivity (Wildman–Crippen MR) is 121 cm³/mol. The number of amides is 1. The quantitative estimate of drug-likeness (QED) is 0.477. The van der Waals surface area contributed by atoms with E-state index in [0.717, 1.165) is 33.9 Å². The van der Waals surface area contributed by atoms with Gasteiger partial charge in [0.2, 0.25) is 5.91 Å². The first-order valence-corrected chi connectivity index (χ1v) is 10.7. The number of ether oxygens (including phenoxy) is 2. The number of benzene rings is 2. The van der Waals surface area contributed by atoms with E-state index in [1.54, 1.807) is 6.20 Å². The topological polar surface area (TPSA) is 114 Å². The highest BCUT2D eigenvalue weighted by atomic mass is 19.4. The first-order valence-electron chi connectivity index (χ1n) is 10.7. The molecule has 0 bridgehead atoms. The molecular formula is C24H24F3N3O5. The zero-order valence-corrected chi connectivity index (χ0v) is 18.9. The number of carbonyl (C=O) groups excluding carboxylic acids is 1. The van der Waals surface area contributed by atoms with Crippen molar-refractivity contribution in [2.75, 3.05) is 11.9 Å².